The van der Waals surface area contributed by atoms with Gasteiger partial charge in [-0.1, -0.05) is 96.1 Å². The zero-order valence-electron chi connectivity index (χ0n) is 16.9. The number of nitrogens with zero attached hydrogens (tertiary/aromatic N) is 4. The van der Waals surface area contributed by atoms with Crippen LogP contribution in [0.1, 0.15) is 16.7 Å². The van der Waals surface area contributed by atoms with E-state index in [2.05, 4.69) is 10.0 Å². The molecule has 0 aliphatic carbocycles. The lowest BCUT2D eigenvalue weighted by Crippen LogP contribution is -2.47. The third-order valence-electron chi connectivity index (χ3n) is 5.31. The van der Waals surface area contributed by atoms with Gasteiger partial charge in [0, 0.05) is 10.5 Å². The van der Waals surface area contributed by atoms with Gasteiger partial charge in [-0.25, -0.2) is 4.79 Å². The summed E-state index contributed by atoms with van der Waals surface area (Å²) < 4.78 is 5.89. The van der Waals surface area contributed by atoms with E-state index < -0.39 is 18.1 Å². The lowest BCUT2D eigenvalue weighted by Gasteiger charge is -2.33. The summed E-state index contributed by atoms with van der Waals surface area (Å²) >= 11 is 0. The molecule has 0 saturated carbocycles. The molecular weight excluding hydrogens is 388 g/mol. The second kappa shape index (κ2) is 9.74. The molecule has 154 valence electrons. The monoisotopic (exact) mass is 410 g/mol. The maximum atomic E-state index is 12.9. The smallest absolute Gasteiger partial charge is 0.357 e. The van der Waals surface area contributed by atoms with Crippen LogP contribution in [0.3, 0.4) is 0 Å². The number of benzene rings is 3. The van der Waals surface area contributed by atoms with Gasteiger partial charge in [-0.2, -0.15) is 0 Å². The van der Waals surface area contributed by atoms with Crippen LogP contribution in [0.2, 0.25) is 0 Å². The standard InChI is InChI=1S/C25H22N4O2/c26-29-28-22(17-19-12-6-2-7-13-19)24-21(16-18-10-4-1-5-11-18)27-23(25(30)31-24)20-14-8-3-9-15-20/h1-15,21-22,24H,16-17H2/t21-,22+,24-/m1/s1. The Labute approximate surface area is 180 Å². The Morgan fingerprint density at radius 3 is 2.10 bits per heavy atom. The van der Waals surface area contributed by atoms with E-state index in [0.717, 1.165) is 11.1 Å². The van der Waals surface area contributed by atoms with Gasteiger partial charge in [0.1, 0.15) is 6.10 Å². The topological polar surface area (TPSA) is 87.4 Å². The van der Waals surface area contributed by atoms with Gasteiger partial charge < -0.3 is 4.74 Å². The van der Waals surface area contributed by atoms with Crippen molar-refractivity contribution in [1.82, 2.24) is 0 Å². The summed E-state index contributed by atoms with van der Waals surface area (Å²) in [5, 5.41) is 4.00. The number of azide groups is 1. The Morgan fingerprint density at radius 1 is 0.903 bits per heavy atom. The summed E-state index contributed by atoms with van der Waals surface area (Å²) in [5.41, 5.74) is 12.3. The fourth-order valence-electron chi connectivity index (χ4n) is 3.84. The normalized spacial score (nSPS) is 19.0. The Balaban J connectivity index is 1.71. The predicted octanol–water partition coefficient (Wildman–Crippen LogP) is 4.93. The molecule has 0 spiro atoms. The number of hydrogen-bond donors (Lipinski definition) is 0. The summed E-state index contributed by atoms with van der Waals surface area (Å²) in [4.78, 5) is 20.7. The predicted molar refractivity (Wildman–Crippen MR) is 120 cm³/mol. The molecule has 0 bridgehead atoms. The van der Waals surface area contributed by atoms with Crippen molar-refractivity contribution in [3.05, 3.63) is 118 Å². The molecule has 0 unspecified atom stereocenters. The maximum Gasteiger partial charge on any atom is 0.357 e. The molecule has 0 saturated heterocycles. The molecule has 31 heavy (non-hydrogen) atoms. The Morgan fingerprint density at radius 2 is 1.48 bits per heavy atom. The van der Waals surface area contributed by atoms with Crippen LogP contribution in [0.15, 0.2) is 101 Å². The second-order valence-electron chi connectivity index (χ2n) is 7.43. The maximum absolute atomic E-state index is 12.9. The van der Waals surface area contributed by atoms with Gasteiger partial charge in [-0.3, -0.25) is 4.99 Å². The molecule has 6 nitrogen and oxygen atoms in total. The lowest BCUT2D eigenvalue weighted by atomic mass is 9.91. The highest BCUT2D eigenvalue weighted by atomic mass is 16.5. The first-order valence-electron chi connectivity index (χ1n) is 10.2. The van der Waals surface area contributed by atoms with Gasteiger partial charge in [0.25, 0.3) is 0 Å². The highest BCUT2D eigenvalue weighted by Gasteiger charge is 2.38. The van der Waals surface area contributed by atoms with Crippen molar-refractivity contribution in [3.8, 4) is 0 Å². The van der Waals surface area contributed by atoms with E-state index in [1.807, 2.05) is 91.0 Å². The summed E-state index contributed by atoms with van der Waals surface area (Å²) in [7, 11) is 0. The average molecular weight is 410 g/mol. The van der Waals surface area contributed by atoms with Crippen molar-refractivity contribution >= 4 is 11.7 Å². The molecule has 0 fully saturated rings. The molecule has 3 aromatic rings. The number of hydrogen-bond acceptors (Lipinski definition) is 4. The van der Waals surface area contributed by atoms with Gasteiger partial charge in [0.05, 0.1) is 12.1 Å². The molecule has 0 aromatic heterocycles. The minimum Gasteiger partial charge on any atom is -0.455 e. The van der Waals surface area contributed by atoms with Gasteiger partial charge in [-0.15, -0.1) is 0 Å². The van der Waals surface area contributed by atoms with Crippen LogP contribution >= 0.6 is 0 Å². The number of esters is 1. The van der Waals surface area contributed by atoms with Crippen LogP contribution in [0.5, 0.6) is 0 Å². The van der Waals surface area contributed by atoms with Crippen LogP contribution in [-0.4, -0.2) is 29.9 Å². The van der Waals surface area contributed by atoms with Gasteiger partial charge in [-0.05, 0) is 29.5 Å². The highest BCUT2D eigenvalue weighted by Crippen LogP contribution is 2.25. The molecule has 3 aromatic carbocycles. The summed E-state index contributed by atoms with van der Waals surface area (Å²) in [5.74, 6) is -0.494. The number of aliphatic imine (C=N–C) groups is 1. The molecule has 0 amide bonds. The first-order valence-corrected chi connectivity index (χ1v) is 10.2. The number of rotatable bonds is 7. The molecule has 4 rings (SSSR count). The lowest BCUT2D eigenvalue weighted by molar-refractivity contribution is -0.144. The minimum atomic E-state index is -0.656. The van der Waals surface area contributed by atoms with Crippen LogP contribution in [0.4, 0.5) is 0 Å². The minimum absolute atomic E-state index is 0.303. The van der Waals surface area contributed by atoms with E-state index in [1.54, 1.807) is 0 Å². The Hall–Kier alpha value is -3.89. The van der Waals surface area contributed by atoms with Crippen molar-refractivity contribution in [1.29, 1.82) is 0 Å². The second-order valence-corrected chi connectivity index (χ2v) is 7.43. The van der Waals surface area contributed by atoms with Gasteiger partial charge in [0.15, 0.2) is 5.71 Å². The third kappa shape index (κ3) is 5.00. The van der Waals surface area contributed by atoms with Crippen molar-refractivity contribution in [2.24, 2.45) is 10.1 Å². The Kier molecular flexibility index (Phi) is 6.41. The summed E-state index contributed by atoms with van der Waals surface area (Å²) in [6.45, 7) is 0. The molecule has 3 atom stereocenters. The van der Waals surface area contributed by atoms with E-state index in [-0.39, 0.29) is 6.04 Å². The summed E-state index contributed by atoms with van der Waals surface area (Å²) in [6, 6.07) is 28.0. The van der Waals surface area contributed by atoms with Crippen LogP contribution in [-0.2, 0) is 22.4 Å². The highest BCUT2D eigenvalue weighted by molar-refractivity contribution is 6.43. The van der Waals surface area contributed by atoms with Gasteiger partial charge in [0.2, 0.25) is 0 Å². The Bertz CT molecular complexity index is 1090. The largest absolute Gasteiger partial charge is 0.455 e. The molecule has 6 heteroatoms. The molecule has 1 heterocycles. The fourth-order valence-corrected chi connectivity index (χ4v) is 3.84. The molecule has 1 aliphatic heterocycles. The summed E-state index contributed by atoms with van der Waals surface area (Å²) in [6.07, 6.45) is 0.377. The van der Waals surface area contributed by atoms with Crippen LogP contribution in [0.25, 0.3) is 10.4 Å². The first-order chi connectivity index (χ1) is 15.2. The number of carbonyl (C=O) groups is 1. The molecule has 0 radical (unpaired) electrons. The first kappa shape index (κ1) is 20.4. The third-order valence-corrected chi connectivity index (χ3v) is 5.31. The zero-order valence-corrected chi connectivity index (χ0v) is 16.9. The average Bonchev–Trinajstić information content (AvgIpc) is 2.82. The molecular formula is C25H22N4O2. The van der Waals surface area contributed by atoms with Gasteiger partial charge >= 0.3 is 5.97 Å². The van der Waals surface area contributed by atoms with Crippen LogP contribution in [0, 0.1) is 0 Å². The quantitative estimate of drug-likeness (QED) is 0.239. The fraction of sp³-hybridized carbons (Fsp3) is 0.200. The number of carbonyl (C=O) groups excluding carboxylic acids is 1. The van der Waals surface area contributed by atoms with E-state index in [4.69, 9.17) is 9.73 Å². The molecule has 0 N–H and O–H groups in total. The number of ether oxygens (including phenoxy) is 1. The van der Waals surface area contributed by atoms with E-state index >= 15 is 0 Å². The van der Waals surface area contributed by atoms with E-state index in [9.17, 15) is 10.3 Å². The number of cyclic esters (lactones) is 1. The van der Waals surface area contributed by atoms with Crippen molar-refractivity contribution in [3.63, 3.8) is 0 Å². The molecule has 1 aliphatic rings. The van der Waals surface area contributed by atoms with E-state index in [1.165, 1.54) is 0 Å². The van der Waals surface area contributed by atoms with Crippen LogP contribution < -0.4 is 0 Å². The van der Waals surface area contributed by atoms with Crippen molar-refractivity contribution in [2.45, 2.75) is 31.0 Å². The van der Waals surface area contributed by atoms with E-state index in [0.29, 0.717) is 24.1 Å². The SMILES string of the molecule is [N-]=[N+]=N[C@@H](Cc1ccccc1)[C@@H]1OC(=O)C(c2ccccc2)=N[C@@H]1Cc1ccccc1. The van der Waals surface area contributed by atoms with Crippen molar-refractivity contribution < 1.29 is 9.53 Å². The van der Waals surface area contributed by atoms with Crippen molar-refractivity contribution in [2.75, 3.05) is 0 Å². The zero-order chi connectivity index (χ0) is 21.5.